The van der Waals surface area contributed by atoms with E-state index in [1.807, 2.05) is 340 Å². The predicted octanol–water partition coefficient (Wildman–Crippen LogP) is 12.2. The maximum atomic E-state index is 8.78. The van der Waals surface area contributed by atoms with Crippen molar-refractivity contribution in [3.8, 4) is 0 Å². The van der Waals surface area contributed by atoms with Crippen LogP contribution in [0.5, 0.6) is 0 Å². The smallest absolute Gasteiger partial charge is 0.366 e. The molecule has 8 aromatic heterocycles. The van der Waals surface area contributed by atoms with E-state index < -0.39 is 70.4 Å². The first-order valence-electron chi connectivity index (χ1n) is 41.8. The summed E-state index contributed by atoms with van der Waals surface area (Å²) in [5.74, 6) is 0. The van der Waals surface area contributed by atoms with Crippen LogP contribution < -0.4 is 41.5 Å². The number of aromatic nitrogens is 8. The van der Waals surface area contributed by atoms with E-state index in [-0.39, 0.29) is 0 Å². The molecule has 8 aromatic carbocycles. The van der Waals surface area contributed by atoms with E-state index in [0.29, 0.717) is 133 Å². The van der Waals surface area contributed by atoms with Crippen molar-refractivity contribution in [2.75, 3.05) is 0 Å². The van der Waals surface area contributed by atoms with Crippen LogP contribution in [0.1, 0.15) is 45.6 Å². The van der Waals surface area contributed by atoms with E-state index >= 15 is 0 Å². The zero-order valence-corrected chi connectivity index (χ0v) is 77.6. The van der Waals surface area contributed by atoms with Crippen molar-refractivity contribution in [2.45, 2.75) is 0 Å². The molecule has 6 aliphatic heterocycles. The maximum absolute atomic E-state index is 8.78. The fourth-order valence-electron chi connectivity index (χ4n) is 14.8. The molecule has 6 aliphatic rings. The summed E-state index contributed by atoms with van der Waals surface area (Å²) >= 11 is 0. The average Bonchev–Trinajstić information content (AvgIpc) is 0.663. The second kappa shape index (κ2) is 36.8. The number of hydrogen-bond acceptors (Lipinski definition) is 28. The molecule has 6 fully saturated rings. The van der Waals surface area contributed by atoms with Gasteiger partial charge in [0.05, 0.1) is 141 Å². The molecule has 8 bridgehead atoms. The van der Waals surface area contributed by atoms with Gasteiger partial charge in [0.15, 0.2) is 0 Å². The molecule has 132 heavy (non-hydrogen) atoms. The van der Waals surface area contributed by atoms with Gasteiger partial charge >= 0.3 is 70.4 Å². The SMILES string of the molecule is C(=Nc1ccc([Si]23O[Si]4(c5ccc(N=Cc6ccccn6)cc5)O[Si]5(c6ccc(N=Cc7ccccn7)cc6)O[Si](c6ccc(N=Cc7ccccn7)cc6)(O2)O[Si]2(c6ccc(N=Cc7ccccn7)cc6)O[Si](c6ccc(N=Cc7ccccn7)cc6)(O3)O[Si](c3ccc(N=Cc6ccccn6)cc3)(O4)O[Si](c3ccc(N=Cc4ccccn4)cc3)(O5)O2)cc1)c1ccccn1. The predicted molar refractivity (Wildman–Crippen MR) is 520 cm³/mol. The van der Waals surface area contributed by atoms with Crippen molar-refractivity contribution < 1.29 is 49.4 Å². The van der Waals surface area contributed by atoms with Gasteiger partial charge in [0, 0.05) is 91.1 Å². The van der Waals surface area contributed by atoms with Crippen molar-refractivity contribution in [2.24, 2.45) is 39.9 Å². The summed E-state index contributed by atoms with van der Waals surface area (Å²) in [6.45, 7) is 0. The van der Waals surface area contributed by atoms with Crippen LogP contribution in [0, 0.1) is 0 Å². The lowest BCUT2D eigenvalue weighted by atomic mass is 10.3. The molecule has 16 aromatic rings. The number of rotatable bonds is 24. The molecule has 14 heterocycles. The van der Waals surface area contributed by atoms with Crippen LogP contribution in [0.15, 0.2) is 429 Å². The van der Waals surface area contributed by atoms with Gasteiger partial charge in [-0.1, -0.05) is 146 Å². The monoisotopic (exact) mass is 1860 g/mol. The second-order valence-electron chi connectivity index (χ2n) is 30.2. The highest BCUT2D eigenvalue weighted by Gasteiger charge is 2.86. The Balaban J connectivity index is 0.886. The van der Waals surface area contributed by atoms with Gasteiger partial charge in [-0.2, -0.15) is 0 Å². The molecule has 0 atom stereocenters. The number of pyridine rings is 8. The van der Waals surface area contributed by atoms with Gasteiger partial charge in [-0.05, 0) is 194 Å². The lowest BCUT2D eigenvalue weighted by molar-refractivity contribution is -0.00299. The van der Waals surface area contributed by atoms with Crippen LogP contribution in [-0.2, 0) is 49.4 Å². The molecule has 6 saturated heterocycles. The summed E-state index contributed by atoms with van der Waals surface area (Å²) in [7, 11) is -44.2. The van der Waals surface area contributed by atoms with E-state index in [0.717, 1.165) is 0 Å². The second-order valence-corrected chi connectivity index (χ2v) is 53.5. The largest absolute Gasteiger partial charge is 0.515 e. The molecule has 0 saturated carbocycles. The molecular formula is C96H72N16O12Si8. The maximum Gasteiger partial charge on any atom is 0.515 e. The van der Waals surface area contributed by atoms with Crippen LogP contribution in [0.2, 0.25) is 0 Å². The fourth-order valence-corrected chi connectivity index (χ4v) is 60.7. The van der Waals surface area contributed by atoms with Crippen molar-refractivity contribution in [3.05, 3.63) is 435 Å². The van der Waals surface area contributed by atoms with Crippen LogP contribution in [0.4, 0.5) is 45.5 Å². The van der Waals surface area contributed by atoms with Crippen molar-refractivity contribution >= 4 is 207 Å². The standard InChI is InChI=1S/C96H72N16O12Si8/c1-9-57-97-81(17-1)65-105-73-25-41-89(42-26-73)125-113-126(90-43-27-74(28-44-90)106-66-82-18-2-10-58-98-82)116-129(93-49-33-77(34-50-93)109-69-85-21-5-13-61-101-85)118-127(114-125,91-45-29-75(30-46-91)107-67-83-19-3-11-59-99-83)120-131(95-53-37-79(38-54-95)111-71-87-23-7-15-63-103-87)121-128(115-125,92-47-31-76(32-48-92)108-68-84-20-4-12-60-100-84)119-130(117-126,94-51-35-78(36-52-94)110-70-86-22-6-14-62-102-86)123-132(122-129,124-131)96-55-39-80(40-56-96)112-72-88-24-8-16-64-104-88/h1-72H. The quantitative estimate of drug-likeness (QED) is 0.0401. The summed E-state index contributed by atoms with van der Waals surface area (Å²) in [6, 6.07) is 103. The van der Waals surface area contributed by atoms with Crippen LogP contribution >= 0.6 is 0 Å². The minimum absolute atomic E-state index is 0.311. The van der Waals surface area contributed by atoms with Gasteiger partial charge in [0.1, 0.15) is 0 Å². The third-order valence-corrected chi connectivity index (χ3v) is 55.4. The van der Waals surface area contributed by atoms with Crippen molar-refractivity contribution in [1.29, 1.82) is 0 Å². The fraction of sp³-hybridized carbons (Fsp3) is 0. The highest BCUT2D eigenvalue weighted by molar-refractivity contribution is 7.14. The Morgan fingerprint density at radius 3 is 0.333 bits per heavy atom. The van der Waals surface area contributed by atoms with Crippen LogP contribution in [0.3, 0.4) is 0 Å². The first kappa shape index (κ1) is 84.4. The van der Waals surface area contributed by atoms with Crippen molar-refractivity contribution in [1.82, 2.24) is 39.9 Å². The van der Waals surface area contributed by atoms with Gasteiger partial charge in [-0.15, -0.1) is 0 Å². The van der Waals surface area contributed by atoms with Gasteiger partial charge in [0.2, 0.25) is 0 Å². The number of benzene rings is 8. The molecular weight excluding hydrogens is 1790 g/mol. The summed E-state index contributed by atoms with van der Waals surface area (Å²) in [6.07, 6.45) is 27.1. The van der Waals surface area contributed by atoms with E-state index in [9.17, 15) is 0 Å². The zero-order chi connectivity index (χ0) is 88.6. The molecule has 640 valence electrons. The first-order chi connectivity index (χ1) is 64.9. The number of hydrogen-bond donors (Lipinski definition) is 0. The third kappa shape index (κ3) is 18.1. The summed E-state index contributed by atoms with van der Waals surface area (Å²) in [4.78, 5) is 76.4. The van der Waals surface area contributed by atoms with Gasteiger partial charge in [0.25, 0.3) is 0 Å². The average molecular weight is 1870 g/mol. The molecule has 0 amide bonds. The normalized spacial score (nSPS) is 23.4. The van der Waals surface area contributed by atoms with E-state index in [1.165, 1.54) is 0 Å². The highest BCUT2D eigenvalue weighted by atomic mass is 28.6. The van der Waals surface area contributed by atoms with Crippen molar-refractivity contribution in [3.63, 3.8) is 0 Å². The zero-order valence-electron chi connectivity index (χ0n) is 69.6. The van der Waals surface area contributed by atoms with E-state index in [4.69, 9.17) is 89.3 Å². The topological polar surface area (TPSA) is 313 Å². The Hall–Kier alpha value is -14.4. The molecule has 22 rings (SSSR count). The Morgan fingerprint density at radius 1 is 0.136 bits per heavy atom. The Morgan fingerprint density at radius 2 is 0.242 bits per heavy atom. The third-order valence-electron chi connectivity index (χ3n) is 21.3. The molecule has 0 N–H and O–H groups in total. The first-order valence-corrected chi connectivity index (χ1v) is 55.6. The van der Waals surface area contributed by atoms with Crippen LogP contribution in [0.25, 0.3) is 0 Å². The van der Waals surface area contributed by atoms with E-state index in [1.54, 1.807) is 99.3 Å². The molecule has 0 aliphatic carbocycles. The molecule has 0 radical (unpaired) electrons. The summed E-state index contributed by atoms with van der Waals surface area (Å²) in [5, 5.41) is 2.49. The minimum Gasteiger partial charge on any atom is -0.366 e. The van der Waals surface area contributed by atoms with Gasteiger partial charge in [-0.25, -0.2) is 0 Å². The lowest BCUT2D eigenvalue weighted by Gasteiger charge is -2.62. The highest BCUT2D eigenvalue weighted by Crippen LogP contribution is 2.50. The van der Waals surface area contributed by atoms with Gasteiger partial charge < -0.3 is 49.4 Å². The molecule has 36 heteroatoms. The van der Waals surface area contributed by atoms with E-state index in [2.05, 4.69) is 39.9 Å². The molecule has 0 spiro atoms. The number of aliphatic imine (C=N–C) groups is 8. The molecule has 28 nitrogen and oxygen atoms in total. The summed E-state index contributed by atoms with van der Waals surface area (Å²) in [5.41, 5.74) is 9.03. The minimum atomic E-state index is -5.53. The molecule has 0 unspecified atom stereocenters. The Bertz CT molecular complexity index is 5680. The van der Waals surface area contributed by atoms with Crippen LogP contribution in [-0.4, -0.2) is 160 Å². The summed E-state index contributed by atoms with van der Waals surface area (Å²) < 4.78 is 105. The Labute approximate surface area is 765 Å². The lowest BCUT2D eigenvalue weighted by Crippen LogP contribution is -2.96. The Kier molecular flexibility index (Phi) is 23.6. The van der Waals surface area contributed by atoms with Gasteiger partial charge in [-0.3, -0.25) is 79.8 Å². The number of nitrogens with zero attached hydrogens (tertiary/aromatic N) is 16.